The highest BCUT2D eigenvalue weighted by Crippen LogP contribution is 2.30. The van der Waals surface area contributed by atoms with E-state index < -0.39 is 0 Å². The van der Waals surface area contributed by atoms with Crippen LogP contribution in [-0.4, -0.2) is 40.5 Å². The molecule has 1 atom stereocenters. The Bertz CT molecular complexity index is 793. The molecule has 0 N–H and O–H groups in total. The Morgan fingerprint density at radius 1 is 1.42 bits per heavy atom. The van der Waals surface area contributed by atoms with Crippen molar-refractivity contribution in [2.24, 2.45) is 13.0 Å². The number of hydrogen-bond acceptors (Lipinski definition) is 6. The van der Waals surface area contributed by atoms with E-state index in [1.54, 1.807) is 29.2 Å². The lowest BCUT2D eigenvalue weighted by Gasteiger charge is -2.34. The highest BCUT2D eigenvalue weighted by atomic mass is 16.5. The van der Waals surface area contributed by atoms with E-state index in [1.807, 2.05) is 7.05 Å². The van der Waals surface area contributed by atoms with Crippen molar-refractivity contribution in [1.82, 2.24) is 14.5 Å². The third-order valence-corrected chi connectivity index (χ3v) is 4.37. The molecule has 0 spiro atoms. The van der Waals surface area contributed by atoms with Crippen molar-refractivity contribution in [1.29, 1.82) is 5.26 Å². The molecule has 1 aliphatic rings. The summed E-state index contributed by atoms with van der Waals surface area (Å²) in [5.74, 6) is 0.708. The van der Waals surface area contributed by atoms with Crippen LogP contribution < -0.4 is 9.64 Å². The number of aryl methyl sites for hydroxylation is 1. The maximum Gasteiger partial charge on any atom is 0.233 e. The number of ketones is 1. The van der Waals surface area contributed by atoms with Crippen molar-refractivity contribution in [2.75, 3.05) is 25.1 Å². The van der Waals surface area contributed by atoms with Crippen molar-refractivity contribution >= 4 is 11.5 Å². The highest BCUT2D eigenvalue weighted by Gasteiger charge is 2.30. The summed E-state index contributed by atoms with van der Waals surface area (Å²) < 4.78 is 6.92. The molecular formula is C17H19N5O2. The van der Waals surface area contributed by atoms with Gasteiger partial charge in [0.2, 0.25) is 11.7 Å². The van der Waals surface area contributed by atoms with Crippen molar-refractivity contribution in [3.05, 3.63) is 36.0 Å². The summed E-state index contributed by atoms with van der Waals surface area (Å²) in [6.45, 7) is 1.36. The van der Waals surface area contributed by atoms with Crippen LogP contribution in [0.3, 0.4) is 0 Å². The average Bonchev–Trinajstić information content (AvgIpc) is 3.06. The predicted molar refractivity (Wildman–Crippen MR) is 88.0 cm³/mol. The Kier molecular flexibility index (Phi) is 4.47. The quantitative estimate of drug-likeness (QED) is 0.797. The Morgan fingerprint density at radius 2 is 2.25 bits per heavy atom. The van der Waals surface area contributed by atoms with Gasteiger partial charge in [0.05, 0.1) is 12.8 Å². The largest absolute Gasteiger partial charge is 0.480 e. The number of carbonyl (C=O) groups is 1. The molecule has 3 rings (SSSR count). The smallest absolute Gasteiger partial charge is 0.233 e. The van der Waals surface area contributed by atoms with Crippen LogP contribution in [0.4, 0.5) is 5.69 Å². The maximum atomic E-state index is 12.7. The first-order valence-corrected chi connectivity index (χ1v) is 7.85. The first-order chi connectivity index (χ1) is 11.7. The third-order valence-electron chi connectivity index (χ3n) is 4.37. The second-order valence-electron chi connectivity index (χ2n) is 5.84. The third kappa shape index (κ3) is 2.83. The second kappa shape index (κ2) is 6.71. The van der Waals surface area contributed by atoms with Crippen LogP contribution in [0.1, 0.15) is 29.0 Å². The zero-order valence-electron chi connectivity index (χ0n) is 13.8. The van der Waals surface area contributed by atoms with E-state index >= 15 is 0 Å². The molecule has 1 fully saturated rings. The number of carbonyl (C=O) groups excluding carboxylic acids is 1. The Labute approximate surface area is 140 Å². The van der Waals surface area contributed by atoms with Gasteiger partial charge in [-0.05, 0) is 18.9 Å². The van der Waals surface area contributed by atoms with Crippen LogP contribution in [0.15, 0.2) is 24.7 Å². The summed E-state index contributed by atoms with van der Waals surface area (Å²) in [7, 11) is 3.32. The number of piperidine rings is 1. The lowest BCUT2D eigenvalue weighted by molar-refractivity contribution is 0.0893. The molecule has 0 radical (unpaired) electrons. The molecule has 24 heavy (non-hydrogen) atoms. The molecule has 1 aliphatic heterocycles. The van der Waals surface area contributed by atoms with Gasteiger partial charge >= 0.3 is 0 Å². The van der Waals surface area contributed by atoms with Gasteiger partial charge in [-0.2, -0.15) is 5.26 Å². The van der Waals surface area contributed by atoms with Gasteiger partial charge in [-0.15, -0.1) is 0 Å². The molecule has 2 aromatic rings. The van der Waals surface area contributed by atoms with Gasteiger partial charge in [0.1, 0.15) is 11.6 Å². The molecule has 124 valence electrons. The first-order valence-electron chi connectivity index (χ1n) is 7.85. The minimum Gasteiger partial charge on any atom is -0.480 e. The highest BCUT2D eigenvalue weighted by molar-refractivity contribution is 5.95. The van der Waals surface area contributed by atoms with E-state index in [0.29, 0.717) is 23.8 Å². The molecule has 2 aromatic heterocycles. The fourth-order valence-corrected chi connectivity index (χ4v) is 3.15. The zero-order chi connectivity index (χ0) is 17.1. The minimum atomic E-state index is -0.134. The normalized spacial score (nSPS) is 17.4. The summed E-state index contributed by atoms with van der Waals surface area (Å²) in [6, 6.07) is 3.96. The van der Waals surface area contributed by atoms with Gasteiger partial charge in [0.25, 0.3) is 0 Å². The van der Waals surface area contributed by atoms with Crippen LogP contribution >= 0.6 is 0 Å². The van der Waals surface area contributed by atoms with Gasteiger partial charge in [-0.3, -0.25) is 4.79 Å². The number of ether oxygens (including phenoxy) is 1. The number of aromatic nitrogens is 3. The number of anilines is 1. The van der Waals surface area contributed by atoms with Crippen LogP contribution in [-0.2, 0) is 7.05 Å². The Hall–Kier alpha value is -2.88. The van der Waals surface area contributed by atoms with Gasteiger partial charge in [-0.25, -0.2) is 9.97 Å². The van der Waals surface area contributed by atoms with Crippen molar-refractivity contribution in [3.8, 4) is 11.9 Å². The van der Waals surface area contributed by atoms with E-state index in [-0.39, 0.29) is 11.7 Å². The zero-order valence-corrected chi connectivity index (χ0v) is 13.8. The van der Waals surface area contributed by atoms with Crippen molar-refractivity contribution < 1.29 is 9.53 Å². The summed E-state index contributed by atoms with van der Waals surface area (Å²) in [4.78, 5) is 23.0. The number of nitrogens with zero attached hydrogens (tertiary/aromatic N) is 5. The van der Waals surface area contributed by atoms with Crippen LogP contribution in [0.5, 0.6) is 5.88 Å². The van der Waals surface area contributed by atoms with Crippen LogP contribution in [0.25, 0.3) is 0 Å². The Balaban J connectivity index is 1.86. The molecular weight excluding hydrogens is 306 g/mol. The lowest BCUT2D eigenvalue weighted by atomic mass is 9.92. The SMILES string of the molecule is COc1nccc(N2CCC[C@H](C(=O)c3nccn3C)C2)c1C#N. The predicted octanol–water partition coefficient (Wildman–Crippen LogP) is 1.79. The summed E-state index contributed by atoms with van der Waals surface area (Å²) in [6.07, 6.45) is 6.74. The van der Waals surface area contributed by atoms with Gasteiger partial charge in [-0.1, -0.05) is 0 Å². The first kappa shape index (κ1) is 16.0. The molecule has 0 aliphatic carbocycles. The number of hydrogen-bond donors (Lipinski definition) is 0. The maximum absolute atomic E-state index is 12.7. The number of imidazole rings is 1. The average molecular weight is 325 g/mol. The fourth-order valence-electron chi connectivity index (χ4n) is 3.15. The molecule has 3 heterocycles. The molecule has 0 aromatic carbocycles. The lowest BCUT2D eigenvalue weighted by Crippen LogP contribution is -2.39. The number of pyridine rings is 1. The van der Waals surface area contributed by atoms with Gasteiger partial charge in [0.15, 0.2) is 5.82 Å². The fraction of sp³-hybridized carbons (Fsp3) is 0.412. The van der Waals surface area contributed by atoms with Crippen molar-refractivity contribution in [2.45, 2.75) is 12.8 Å². The van der Waals surface area contributed by atoms with E-state index in [2.05, 4.69) is 20.9 Å². The van der Waals surface area contributed by atoms with Crippen LogP contribution in [0, 0.1) is 17.2 Å². The molecule has 0 amide bonds. The van der Waals surface area contributed by atoms with E-state index in [0.717, 1.165) is 25.1 Å². The second-order valence-corrected chi connectivity index (χ2v) is 5.84. The molecule has 7 nitrogen and oxygen atoms in total. The number of rotatable bonds is 4. The molecule has 0 unspecified atom stereocenters. The summed E-state index contributed by atoms with van der Waals surface area (Å²) in [5.41, 5.74) is 1.17. The topological polar surface area (TPSA) is 84.0 Å². The van der Waals surface area contributed by atoms with Crippen LogP contribution in [0.2, 0.25) is 0 Å². The Morgan fingerprint density at radius 3 is 2.92 bits per heavy atom. The summed E-state index contributed by atoms with van der Waals surface area (Å²) >= 11 is 0. The number of Topliss-reactive ketones (excluding diaryl/α,β-unsaturated/α-hetero) is 1. The van der Waals surface area contributed by atoms with Crippen molar-refractivity contribution in [3.63, 3.8) is 0 Å². The summed E-state index contributed by atoms with van der Waals surface area (Å²) in [5, 5.41) is 9.45. The van der Waals surface area contributed by atoms with Gasteiger partial charge in [0, 0.05) is 44.6 Å². The molecule has 0 bridgehead atoms. The molecule has 0 saturated carbocycles. The van der Waals surface area contributed by atoms with E-state index in [1.165, 1.54) is 7.11 Å². The standard InChI is InChI=1S/C17H19N5O2/c1-21-9-7-19-16(21)15(23)12-4-3-8-22(11-12)14-5-6-20-17(24-2)13(14)10-18/h5-7,9,12H,3-4,8,11H2,1-2H3/t12-/m0/s1. The number of methoxy groups -OCH3 is 1. The minimum absolute atomic E-state index is 0.0479. The molecule has 7 heteroatoms. The van der Waals surface area contributed by atoms with E-state index in [9.17, 15) is 10.1 Å². The van der Waals surface area contributed by atoms with Gasteiger partial charge < -0.3 is 14.2 Å². The molecule has 1 saturated heterocycles. The number of nitriles is 1. The van der Waals surface area contributed by atoms with E-state index in [4.69, 9.17) is 4.74 Å². The monoisotopic (exact) mass is 325 g/mol.